The zero-order chi connectivity index (χ0) is 13.9. The minimum absolute atomic E-state index is 0.0903. The van der Waals surface area contributed by atoms with E-state index in [1.165, 1.54) is 32.1 Å². The fourth-order valence-electron chi connectivity index (χ4n) is 1.59. The zero-order valence-corrected chi connectivity index (χ0v) is 12.3. The lowest BCUT2D eigenvalue weighted by Gasteiger charge is -2.06. The van der Waals surface area contributed by atoms with Gasteiger partial charge in [0.25, 0.3) is 0 Å². The summed E-state index contributed by atoms with van der Waals surface area (Å²) in [5.74, 6) is 1.48. The molecule has 0 aliphatic heterocycles. The summed E-state index contributed by atoms with van der Waals surface area (Å²) in [4.78, 5) is 19.2. The van der Waals surface area contributed by atoms with Crippen LogP contribution in [-0.4, -0.2) is 41.6 Å². The average Bonchev–Trinajstić information content (AvgIpc) is 2.46. The van der Waals surface area contributed by atoms with E-state index < -0.39 is 5.97 Å². The molecule has 19 heavy (non-hydrogen) atoms. The highest BCUT2D eigenvalue weighted by molar-refractivity contribution is 7.98. The van der Waals surface area contributed by atoms with Crippen molar-refractivity contribution in [2.75, 3.05) is 31.0 Å². The highest BCUT2D eigenvalue weighted by Gasteiger charge is 2.08. The van der Waals surface area contributed by atoms with Crippen LogP contribution < -0.4 is 5.32 Å². The number of nitrogens with one attached hydrogen (secondary N) is 1. The molecule has 0 bridgehead atoms. The number of anilines is 1. The first-order valence-electron chi connectivity index (χ1n) is 6.42. The molecule has 0 saturated carbocycles. The van der Waals surface area contributed by atoms with Crippen LogP contribution in [0, 0.1) is 0 Å². The molecule has 0 amide bonds. The Bertz CT molecular complexity index is 388. The third-order valence-corrected chi connectivity index (χ3v) is 3.30. The molecule has 1 rings (SSSR count). The van der Waals surface area contributed by atoms with Gasteiger partial charge in [-0.2, -0.15) is 11.8 Å². The SMILES string of the molecule is COC(=O)c1nccc(NCCCCCCSC)n1. The van der Waals surface area contributed by atoms with Crippen molar-refractivity contribution in [1.82, 2.24) is 9.97 Å². The van der Waals surface area contributed by atoms with Crippen molar-refractivity contribution in [3.05, 3.63) is 18.1 Å². The van der Waals surface area contributed by atoms with Crippen molar-refractivity contribution in [2.24, 2.45) is 0 Å². The van der Waals surface area contributed by atoms with Gasteiger partial charge in [-0.3, -0.25) is 0 Å². The van der Waals surface area contributed by atoms with E-state index in [0.29, 0.717) is 5.82 Å². The monoisotopic (exact) mass is 283 g/mol. The second kappa shape index (κ2) is 9.61. The Labute approximate surface area is 118 Å². The molecule has 0 aromatic carbocycles. The van der Waals surface area contributed by atoms with Crippen LogP contribution in [0.25, 0.3) is 0 Å². The number of thioether (sulfide) groups is 1. The number of hydrogen-bond donors (Lipinski definition) is 1. The molecule has 0 unspecified atom stereocenters. The molecule has 1 aromatic heterocycles. The fraction of sp³-hybridized carbons (Fsp3) is 0.615. The lowest BCUT2D eigenvalue weighted by Crippen LogP contribution is -2.10. The number of nitrogens with zero attached hydrogens (tertiary/aromatic N) is 2. The van der Waals surface area contributed by atoms with Crippen LogP contribution in [0.3, 0.4) is 0 Å². The van der Waals surface area contributed by atoms with Gasteiger partial charge >= 0.3 is 5.97 Å². The first-order valence-corrected chi connectivity index (χ1v) is 7.81. The van der Waals surface area contributed by atoms with Gasteiger partial charge in [0.05, 0.1) is 7.11 Å². The molecular weight excluding hydrogens is 262 g/mol. The second-order valence-corrected chi connectivity index (χ2v) is 5.08. The Morgan fingerprint density at radius 1 is 1.37 bits per heavy atom. The van der Waals surface area contributed by atoms with Crippen LogP contribution in [0.4, 0.5) is 5.82 Å². The van der Waals surface area contributed by atoms with E-state index >= 15 is 0 Å². The van der Waals surface area contributed by atoms with Crippen molar-refractivity contribution < 1.29 is 9.53 Å². The molecule has 0 radical (unpaired) electrons. The Morgan fingerprint density at radius 3 is 2.89 bits per heavy atom. The number of hydrogen-bond acceptors (Lipinski definition) is 6. The highest BCUT2D eigenvalue weighted by Crippen LogP contribution is 2.06. The smallest absolute Gasteiger partial charge is 0.376 e. The summed E-state index contributed by atoms with van der Waals surface area (Å²) in [6.45, 7) is 0.858. The number of rotatable bonds is 9. The van der Waals surface area contributed by atoms with Crippen LogP contribution in [-0.2, 0) is 4.74 Å². The van der Waals surface area contributed by atoms with Gasteiger partial charge in [0, 0.05) is 12.7 Å². The van der Waals surface area contributed by atoms with Crippen LogP contribution in [0.5, 0.6) is 0 Å². The predicted octanol–water partition coefficient (Wildman–Crippen LogP) is 2.60. The number of carbonyl (C=O) groups excluding carboxylic acids is 1. The molecular formula is C13H21N3O2S. The van der Waals surface area contributed by atoms with Gasteiger partial charge in [0.2, 0.25) is 5.82 Å². The topological polar surface area (TPSA) is 64.1 Å². The van der Waals surface area contributed by atoms with Crippen molar-refractivity contribution in [3.63, 3.8) is 0 Å². The van der Waals surface area contributed by atoms with Gasteiger partial charge in [-0.05, 0) is 30.9 Å². The van der Waals surface area contributed by atoms with E-state index in [-0.39, 0.29) is 5.82 Å². The third kappa shape index (κ3) is 6.42. The molecule has 1 heterocycles. The second-order valence-electron chi connectivity index (χ2n) is 4.09. The first-order chi connectivity index (χ1) is 9.27. The van der Waals surface area contributed by atoms with Gasteiger partial charge in [0.1, 0.15) is 5.82 Å². The molecule has 5 nitrogen and oxygen atoms in total. The van der Waals surface area contributed by atoms with E-state index in [1.807, 2.05) is 11.8 Å². The van der Waals surface area contributed by atoms with Gasteiger partial charge < -0.3 is 10.1 Å². The minimum atomic E-state index is -0.513. The van der Waals surface area contributed by atoms with Crippen molar-refractivity contribution in [1.29, 1.82) is 0 Å². The summed E-state index contributed by atoms with van der Waals surface area (Å²) < 4.78 is 4.58. The van der Waals surface area contributed by atoms with Gasteiger partial charge in [-0.15, -0.1) is 0 Å². The number of carbonyl (C=O) groups is 1. The summed E-state index contributed by atoms with van der Waals surface area (Å²) in [6, 6.07) is 1.75. The van der Waals surface area contributed by atoms with Gasteiger partial charge in [0.15, 0.2) is 0 Å². The summed E-state index contributed by atoms with van der Waals surface area (Å²) in [6.07, 6.45) is 8.55. The Morgan fingerprint density at radius 2 is 2.16 bits per heavy atom. The number of aromatic nitrogens is 2. The van der Waals surface area contributed by atoms with E-state index in [4.69, 9.17) is 0 Å². The summed E-state index contributed by atoms with van der Waals surface area (Å²) in [5, 5.41) is 3.19. The molecule has 0 saturated heterocycles. The molecule has 0 atom stereocenters. The number of ether oxygens (including phenoxy) is 1. The van der Waals surface area contributed by atoms with Crippen LogP contribution in [0.15, 0.2) is 12.3 Å². The van der Waals surface area contributed by atoms with Crippen LogP contribution in [0.2, 0.25) is 0 Å². The highest BCUT2D eigenvalue weighted by atomic mass is 32.2. The third-order valence-electron chi connectivity index (χ3n) is 2.60. The molecule has 106 valence electrons. The predicted molar refractivity (Wildman–Crippen MR) is 78.7 cm³/mol. The van der Waals surface area contributed by atoms with Gasteiger partial charge in [-0.1, -0.05) is 12.8 Å². The van der Waals surface area contributed by atoms with Crippen LogP contribution >= 0.6 is 11.8 Å². The molecule has 1 N–H and O–H groups in total. The quantitative estimate of drug-likeness (QED) is 0.555. The Hall–Kier alpha value is -1.30. The lowest BCUT2D eigenvalue weighted by atomic mass is 10.2. The molecule has 1 aromatic rings. The van der Waals surface area contributed by atoms with E-state index in [2.05, 4.69) is 26.3 Å². The maximum atomic E-state index is 11.3. The van der Waals surface area contributed by atoms with Crippen molar-refractivity contribution in [2.45, 2.75) is 25.7 Å². The maximum absolute atomic E-state index is 11.3. The molecule has 6 heteroatoms. The summed E-state index contributed by atoms with van der Waals surface area (Å²) >= 11 is 1.89. The molecule has 0 aliphatic rings. The molecule has 0 aliphatic carbocycles. The van der Waals surface area contributed by atoms with E-state index in [1.54, 1.807) is 12.3 Å². The zero-order valence-electron chi connectivity index (χ0n) is 11.5. The number of esters is 1. The van der Waals surface area contributed by atoms with E-state index in [9.17, 15) is 4.79 Å². The van der Waals surface area contributed by atoms with Crippen molar-refractivity contribution in [3.8, 4) is 0 Å². The standard InChI is InChI=1S/C13H21N3O2S/c1-18-13(17)12-15-9-7-11(16-12)14-8-5-3-4-6-10-19-2/h7,9H,3-6,8,10H2,1-2H3,(H,14,15,16). The number of methoxy groups -OCH3 is 1. The fourth-order valence-corrected chi connectivity index (χ4v) is 2.08. The lowest BCUT2D eigenvalue weighted by molar-refractivity contribution is 0.0587. The average molecular weight is 283 g/mol. The normalized spacial score (nSPS) is 10.2. The van der Waals surface area contributed by atoms with Gasteiger partial charge in [-0.25, -0.2) is 14.8 Å². The van der Waals surface area contributed by atoms with Crippen LogP contribution in [0.1, 0.15) is 36.3 Å². The summed E-state index contributed by atoms with van der Waals surface area (Å²) in [5.41, 5.74) is 0. The Kier molecular flexibility index (Phi) is 7.97. The molecule has 0 spiro atoms. The minimum Gasteiger partial charge on any atom is -0.463 e. The van der Waals surface area contributed by atoms with E-state index in [0.717, 1.165) is 13.0 Å². The largest absolute Gasteiger partial charge is 0.463 e. The maximum Gasteiger partial charge on any atom is 0.376 e. The summed E-state index contributed by atoms with van der Waals surface area (Å²) in [7, 11) is 1.32. The van der Waals surface area contributed by atoms with Crippen molar-refractivity contribution >= 4 is 23.5 Å². The molecule has 0 fully saturated rings. The first kappa shape index (κ1) is 15.8. The Balaban J connectivity index is 2.24. The number of unbranched alkanes of at least 4 members (excludes halogenated alkanes) is 3.